The normalized spacial score (nSPS) is 10.5. The topological polar surface area (TPSA) is 58.6 Å². The van der Waals surface area contributed by atoms with Crippen molar-refractivity contribution in [3.8, 4) is 11.5 Å². The van der Waals surface area contributed by atoms with Gasteiger partial charge in [-0.25, -0.2) is 0 Å². The van der Waals surface area contributed by atoms with Gasteiger partial charge in [0.05, 0.1) is 5.69 Å². The number of hydrogen-bond donors (Lipinski definition) is 2. The lowest BCUT2D eigenvalue weighted by Crippen LogP contribution is -2.20. The van der Waals surface area contributed by atoms with E-state index in [9.17, 15) is 9.90 Å². The summed E-state index contributed by atoms with van der Waals surface area (Å²) < 4.78 is 5.44. The number of phenolic OH excluding ortho intramolecular Hbond substituents is 1. The molecule has 2 aromatic carbocycles. The number of aryl methyl sites for hydroxylation is 1. The van der Waals surface area contributed by atoms with Crippen LogP contribution in [0.2, 0.25) is 0 Å². The first-order chi connectivity index (χ1) is 10.5. The van der Waals surface area contributed by atoms with Gasteiger partial charge < -0.3 is 15.2 Å². The van der Waals surface area contributed by atoms with E-state index < -0.39 is 0 Å². The summed E-state index contributed by atoms with van der Waals surface area (Å²) in [4.78, 5) is 11.9. The third-order valence-electron chi connectivity index (χ3n) is 3.34. The van der Waals surface area contributed by atoms with Crippen molar-refractivity contribution >= 4 is 11.6 Å². The minimum Gasteiger partial charge on any atom is -0.506 e. The molecule has 0 unspecified atom stereocenters. The molecule has 2 aromatic rings. The van der Waals surface area contributed by atoms with E-state index in [4.69, 9.17) is 4.74 Å². The second-order valence-electron chi connectivity index (χ2n) is 5.58. The molecular weight excluding hydrogens is 278 g/mol. The van der Waals surface area contributed by atoms with E-state index in [1.807, 2.05) is 37.3 Å². The van der Waals surface area contributed by atoms with Crippen LogP contribution in [0.25, 0.3) is 0 Å². The molecule has 4 heteroatoms. The fourth-order valence-electron chi connectivity index (χ4n) is 2.03. The Balaban J connectivity index is 1.89. The molecule has 4 nitrogen and oxygen atoms in total. The number of aromatic hydroxyl groups is 1. The first-order valence-electron chi connectivity index (χ1n) is 7.28. The molecule has 0 aliphatic carbocycles. The van der Waals surface area contributed by atoms with Crippen molar-refractivity contribution in [2.75, 3.05) is 11.9 Å². The smallest absolute Gasteiger partial charge is 0.262 e. The van der Waals surface area contributed by atoms with Gasteiger partial charge >= 0.3 is 0 Å². The SMILES string of the molecule is Cc1ccc(NC(=O)COc2ccc(C(C)C)cc2)c(O)c1. The van der Waals surface area contributed by atoms with Crippen LogP contribution in [0.4, 0.5) is 5.69 Å². The van der Waals surface area contributed by atoms with Crippen LogP contribution in [0.1, 0.15) is 30.9 Å². The second-order valence-corrected chi connectivity index (χ2v) is 5.58. The Morgan fingerprint density at radius 3 is 2.45 bits per heavy atom. The van der Waals surface area contributed by atoms with Crippen LogP contribution in [-0.2, 0) is 4.79 Å². The van der Waals surface area contributed by atoms with Crippen LogP contribution in [0, 0.1) is 6.92 Å². The minimum atomic E-state index is -0.313. The average Bonchev–Trinajstić information content (AvgIpc) is 2.48. The average molecular weight is 299 g/mol. The predicted octanol–water partition coefficient (Wildman–Crippen LogP) is 3.84. The fourth-order valence-corrected chi connectivity index (χ4v) is 2.03. The maximum atomic E-state index is 11.9. The minimum absolute atomic E-state index is 0.0506. The number of rotatable bonds is 5. The quantitative estimate of drug-likeness (QED) is 0.825. The first-order valence-corrected chi connectivity index (χ1v) is 7.28. The zero-order chi connectivity index (χ0) is 16.1. The van der Waals surface area contributed by atoms with Crippen molar-refractivity contribution in [2.24, 2.45) is 0 Å². The number of anilines is 1. The van der Waals surface area contributed by atoms with Crippen molar-refractivity contribution < 1.29 is 14.6 Å². The summed E-state index contributed by atoms with van der Waals surface area (Å²) >= 11 is 0. The summed E-state index contributed by atoms with van der Waals surface area (Å²) in [5.74, 6) is 0.844. The molecule has 0 heterocycles. The molecule has 0 aromatic heterocycles. The zero-order valence-electron chi connectivity index (χ0n) is 13.1. The zero-order valence-corrected chi connectivity index (χ0v) is 13.1. The molecule has 0 saturated carbocycles. The number of carbonyl (C=O) groups is 1. The summed E-state index contributed by atoms with van der Waals surface area (Å²) in [5, 5.41) is 12.4. The molecule has 1 amide bonds. The van der Waals surface area contributed by atoms with Crippen LogP contribution in [-0.4, -0.2) is 17.6 Å². The van der Waals surface area contributed by atoms with Gasteiger partial charge in [0.2, 0.25) is 0 Å². The van der Waals surface area contributed by atoms with E-state index in [1.54, 1.807) is 12.1 Å². The maximum absolute atomic E-state index is 11.9. The summed E-state index contributed by atoms with van der Waals surface area (Å²) in [6, 6.07) is 12.8. The molecule has 0 atom stereocenters. The molecule has 0 fully saturated rings. The summed E-state index contributed by atoms with van der Waals surface area (Å²) in [7, 11) is 0. The Hall–Kier alpha value is -2.49. The number of phenols is 1. The molecule has 0 radical (unpaired) electrons. The molecule has 0 spiro atoms. The lowest BCUT2D eigenvalue weighted by molar-refractivity contribution is -0.118. The molecule has 0 bridgehead atoms. The number of nitrogens with one attached hydrogen (secondary N) is 1. The Bertz CT molecular complexity index is 648. The van der Waals surface area contributed by atoms with Gasteiger partial charge in [0, 0.05) is 0 Å². The van der Waals surface area contributed by atoms with Crippen LogP contribution < -0.4 is 10.1 Å². The van der Waals surface area contributed by atoms with Gasteiger partial charge in [0.15, 0.2) is 6.61 Å². The number of benzene rings is 2. The third-order valence-corrected chi connectivity index (χ3v) is 3.34. The van der Waals surface area contributed by atoms with Crippen molar-refractivity contribution in [3.63, 3.8) is 0 Å². The van der Waals surface area contributed by atoms with Gasteiger partial charge in [-0.1, -0.05) is 32.0 Å². The lowest BCUT2D eigenvalue weighted by atomic mass is 10.0. The summed E-state index contributed by atoms with van der Waals surface area (Å²) in [6.07, 6.45) is 0. The van der Waals surface area contributed by atoms with E-state index in [1.165, 1.54) is 5.56 Å². The Morgan fingerprint density at radius 1 is 1.18 bits per heavy atom. The van der Waals surface area contributed by atoms with E-state index >= 15 is 0 Å². The van der Waals surface area contributed by atoms with Gasteiger partial charge in [-0.15, -0.1) is 0 Å². The van der Waals surface area contributed by atoms with E-state index in [0.717, 1.165) is 5.56 Å². The number of ether oxygens (including phenoxy) is 1. The maximum Gasteiger partial charge on any atom is 0.262 e. The van der Waals surface area contributed by atoms with Gasteiger partial charge in [-0.05, 0) is 48.2 Å². The van der Waals surface area contributed by atoms with E-state index in [-0.39, 0.29) is 18.3 Å². The summed E-state index contributed by atoms with van der Waals surface area (Å²) in [5.41, 5.74) is 2.53. The molecule has 2 rings (SSSR count). The number of carbonyl (C=O) groups excluding carboxylic acids is 1. The molecule has 0 saturated heterocycles. The number of hydrogen-bond acceptors (Lipinski definition) is 3. The van der Waals surface area contributed by atoms with Crippen LogP contribution in [0.5, 0.6) is 11.5 Å². The van der Waals surface area contributed by atoms with Crippen LogP contribution in [0.3, 0.4) is 0 Å². The Labute approximate surface area is 130 Å². The van der Waals surface area contributed by atoms with Crippen molar-refractivity contribution in [3.05, 3.63) is 53.6 Å². The van der Waals surface area contributed by atoms with Crippen LogP contribution >= 0.6 is 0 Å². The highest BCUT2D eigenvalue weighted by atomic mass is 16.5. The highest BCUT2D eigenvalue weighted by Gasteiger charge is 2.07. The van der Waals surface area contributed by atoms with Gasteiger partial charge in [0.25, 0.3) is 5.91 Å². The van der Waals surface area contributed by atoms with E-state index in [0.29, 0.717) is 17.4 Å². The Kier molecular flexibility index (Phi) is 5.04. The fraction of sp³-hybridized carbons (Fsp3) is 0.278. The molecule has 0 aliphatic heterocycles. The van der Waals surface area contributed by atoms with Crippen molar-refractivity contribution in [1.29, 1.82) is 0 Å². The molecule has 0 aliphatic rings. The Morgan fingerprint density at radius 2 is 1.86 bits per heavy atom. The predicted molar refractivity (Wildman–Crippen MR) is 87.5 cm³/mol. The van der Waals surface area contributed by atoms with Crippen molar-refractivity contribution in [2.45, 2.75) is 26.7 Å². The highest BCUT2D eigenvalue weighted by Crippen LogP contribution is 2.24. The molecular formula is C18H21NO3. The molecule has 116 valence electrons. The lowest BCUT2D eigenvalue weighted by Gasteiger charge is -2.10. The molecule has 2 N–H and O–H groups in total. The third kappa shape index (κ3) is 4.25. The van der Waals surface area contributed by atoms with Gasteiger partial charge in [-0.2, -0.15) is 0 Å². The summed E-state index contributed by atoms with van der Waals surface area (Å²) in [6.45, 7) is 6.01. The first kappa shape index (κ1) is 15.9. The van der Waals surface area contributed by atoms with Gasteiger partial charge in [0.1, 0.15) is 11.5 Å². The highest BCUT2D eigenvalue weighted by molar-refractivity contribution is 5.93. The van der Waals surface area contributed by atoms with E-state index in [2.05, 4.69) is 19.2 Å². The largest absolute Gasteiger partial charge is 0.506 e. The van der Waals surface area contributed by atoms with Crippen molar-refractivity contribution in [1.82, 2.24) is 0 Å². The number of amides is 1. The van der Waals surface area contributed by atoms with Gasteiger partial charge in [-0.3, -0.25) is 4.79 Å². The van der Waals surface area contributed by atoms with Crippen LogP contribution in [0.15, 0.2) is 42.5 Å². The monoisotopic (exact) mass is 299 g/mol. The molecule has 22 heavy (non-hydrogen) atoms. The second kappa shape index (κ2) is 6.98. The standard InChI is InChI=1S/C18H21NO3/c1-12(2)14-5-7-15(8-6-14)22-11-18(21)19-16-9-4-13(3)10-17(16)20/h4-10,12,20H,11H2,1-3H3,(H,19,21).